The molecule has 1 aliphatic heterocycles. The average Bonchev–Trinajstić information content (AvgIpc) is 3.03. The molecule has 1 N–H and O–H groups in total. The number of allylic oxidation sites excluding steroid dienone is 1. The van der Waals surface area contributed by atoms with Crippen molar-refractivity contribution < 1.29 is 14.3 Å². The minimum Gasteiger partial charge on any atom is -0.454 e. The Kier molecular flexibility index (Phi) is 4.10. The molecule has 1 aromatic carbocycles. The topological polar surface area (TPSA) is 72.8 Å². The Morgan fingerprint density at radius 3 is 2.86 bits per heavy atom. The summed E-state index contributed by atoms with van der Waals surface area (Å²) in [6, 6.07) is 8.88. The van der Waals surface area contributed by atoms with E-state index in [0.29, 0.717) is 5.56 Å². The number of nitrogens with one attached hydrogen (secondary N) is 1. The SMILES string of the molecule is O=C(N/N=C/C=C/c1ccc2c(c1)OCO2)c1ccncc1. The van der Waals surface area contributed by atoms with Crippen LogP contribution in [-0.2, 0) is 0 Å². The second-order valence-electron chi connectivity index (χ2n) is 4.43. The summed E-state index contributed by atoms with van der Waals surface area (Å²) in [7, 11) is 0. The molecule has 0 atom stereocenters. The zero-order chi connectivity index (χ0) is 15.2. The molecule has 0 bridgehead atoms. The molecule has 2 aromatic rings. The van der Waals surface area contributed by atoms with E-state index in [0.717, 1.165) is 17.1 Å². The van der Waals surface area contributed by atoms with Gasteiger partial charge in [-0.05, 0) is 35.9 Å². The van der Waals surface area contributed by atoms with Crippen LogP contribution in [-0.4, -0.2) is 23.9 Å². The molecule has 0 saturated heterocycles. The summed E-state index contributed by atoms with van der Waals surface area (Å²) < 4.78 is 10.5. The van der Waals surface area contributed by atoms with Crippen molar-refractivity contribution in [3.05, 3.63) is 59.9 Å². The van der Waals surface area contributed by atoms with Gasteiger partial charge in [0, 0.05) is 24.2 Å². The molecule has 6 nitrogen and oxygen atoms in total. The van der Waals surface area contributed by atoms with Gasteiger partial charge >= 0.3 is 0 Å². The van der Waals surface area contributed by atoms with Crippen LogP contribution in [0.2, 0.25) is 0 Å². The number of carbonyl (C=O) groups is 1. The smallest absolute Gasteiger partial charge is 0.271 e. The Balaban J connectivity index is 1.55. The molecule has 3 rings (SSSR count). The first-order valence-corrected chi connectivity index (χ1v) is 6.63. The Morgan fingerprint density at radius 2 is 2.00 bits per heavy atom. The second kappa shape index (κ2) is 6.53. The third kappa shape index (κ3) is 3.29. The fourth-order valence-corrected chi connectivity index (χ4v) is 1.88. The van der Waals surface area contributed by atoms with Crippen LogP contribution < -0.4 is 14.9 Å². The average molecular weight is 295 g/mol. The number of carbonyl (C=O) groups excluding carboxylic acids is 1. The summed E-state index contributed by atoms with van der Waals surface area (Å²) in [6.07, 6.45) is 8.19. The standard InChI is InChI=1S/C16H13N3O3/c20-16(13-5-8-17-9-6-13)19-18-7-1-2-12-3-4-14-15(10-12)22-11-21-14/h1-10H,11H2,(H,19,20)/b2-1+,18-7+. The van der Waals surface area contributed by atoms with Gasteiger partial charge in [0.15, 0.2) is 11.5 Å². The van der Waals surface area contributed by atoms with E-state index in [2.05, 4.69) is 15.5 Å². The highest BCUT2D eigenvalue weighted by Gasteiger charge is 2.11. The molecule has 1 aromatic heterocycles. The van der Waals surface area contributed by atoms with Crippen LogP contribution in [0.25, 0.3) is 6.08 Å². The fraction of sp³-hybridized carbons (Fsp3) is 0.0625. The third-order valence-corrected chi connectivity index (χ3v) is 2.95. The van der Waals surface area contributed by atoms with E-state index in [9.17, 15) is 4.79 Å². The lowest BCUT2D eigenvalue weighted by Crippen LogP contribution is -2.17. The lowest BCUT2D eigenvalue weighted by Gasteiger charge is -1.97. The molecule has 1 aliphatic rings. The maximum absolute atomic E-state index is 11.7. The van der Waals surface area contributed by atoms with Crippen LogP contribution in [0.15, 0.2) is 53.9 Å². The fourth-order valence-electron chi connectivity index (χ4n) is 1.88. The summed E-state index contributed by atoms with van der Waals surface area (Å²) in [6.45, 7) is 0.255. The van der Waals surface area contributed by atoms with E-state index < -0.39 is 0 Å². The number of nitrogens with zero attached hydrogens (tertiary/aromatic N) is 2. The summed E-state index contributed by atoms with van der Waals surface area (Å²) in [5.41, 5.74) is 3.89. The molecular formula is C16H13N3O3. The molecule has 110 valence electrons. The number of ether oxygens (including phenoxy) is 2. The van der Waals surface area contributed by atoms with Crippen molar-refractivity contribution in [3.8, 4) is 11.5 Å². The molecular weight excluding hydrogens is 282 g/mol. The Morgan fingerprint density at radius 1 is 1.18 bits per heavy atom. The van der Waals surface area contributed by atoms with Gasteiger partial charge in [-0.25, -0.2) is 5.43 Å². The largest absolute Gasteiger partial charge is 0.454 e. The molecule has 0 radical (unpaired) electrons. The Bertz CT molecular complexity index is 727. The predicted molar refractivity (Wildman–Crippen MR) is 81.8 cm³/mol. The predicted octanol–water partition coefficient (Wildman–Crippen LogP) is 2.24. The molecule has 0 spiro atoms. The van der Waals surface area contributed by atoms with Crippen molar-refractivity contribution in [2.45, 2.75) is 0 Å². The molecule has 0 unspecified atom stereocenters. The van der Waals surface area contributed by atoms with E-state index in [1.165, 1.54) is 6.21 Å². The number of hydrogen-bond acceptors (Lipinski definition) is 5. The quantitative estimate of drug-likeness (QED) is 0.693. The van der Waals surface area contributed by atoms with Gasteiger partial charge < -0.3 is 9.47 Å². The monoisotopic (exact) mass is 295 g/mol. The minimum atomic E-state index is -0.282. The number of rotatable bonds is 4. The van der Waals surface area contributed by atoms with Gasteiger partial charge in [0.05, 0.1) is 0 Å². The van der Waals surface area contributed by atoms with Crippen molar-refractivity contribution in [1.82, 2.24) is 10.4 Å². The molecule has 0 saturated carbocycles. The van der Waals surface area contributed by atoms with Crippen LogP contribution in [0.5, 0.6) is 11.5 Å². The van der Waals surface area contributed by atoms with E-state index in [4.69, 9.17) is 9.47 Å². The second-order valence-corrected chi connectivity index (χ2v) is 4.43. The van der Waals surface area contributed by atoms with Gasteiger partial charge in [-0.15, -0.1) is 0 Å². The van der Waals surface area contributed by atoms with E-state index in [1.807, 2.05) is 24.3 Å². The van der Waals surface area contributed by atoms with Gasteiger partial charge in [0.2, 0.25) is 6.79 Å². The van der Waals surface area contributed by atoms with Gasteiger partial charge in [0.25, 0.3) is 5.91 Å². The van der Waals surface area contributed by atoms with Crippen LogP contribution in [0.4, 0.5) is 0 Å². The van der Waals surface area contributed by atoms with Gasteiger partial charge in [-0.1, -0.05) is 12.1 Å². The molecule has 0 aliphatic carbocycles. The minimum absolute atomic E-state index is 0.255. The first-order valence-electron chi connectivity index (χ1n) is 6.63. The summed E-state index contributed by atoms with van der Waals surface area (Å²) in [4.78, 5) is 15.5. The zero-order valence-corrected chi connectivity index (χ0v) is 11.6. The summed E-state index contributed by atoms with van der Waals surface area (Å²) in [5, 5.41) is 3.85. The summed E-state index contributed by atoms with van der Waals surface area (Å²) >= 11 is 0. The number of fused-ring (bicyclic) bond motifs is 1. The van der Waals surface area contributed by atoms with Crippen LogP contribution >= 0.6 is 0 Å². The first kappa shape index (κ1) is 13.8. The number of aromatic nitrogens is 1. The van der Waals surface area contributed by atoms with Gasteiger partial charge in [-0.2, -0.15) is 5.10 Å². The maximum Gasteiger partial charge on any atom is 0.271 e. The van der Waals surface area contributed by atoms with Gasteiger partial charge in [-0.3, -0.25) is 9.78 Å². The first-order chi connectivity index (χ1) is 10.8. The molecule has 6 heteroatoms. The van der Waals surface area contributed by atoms with Crippen molar-refractivity contribution in [3.63, 3.8) is 0 Å². The molecule has 0 fully saturated rings. The van der Waals surface area contributed by atoms with Crippen LogP contribution in [0, 0.1) is 0 Å². The zero-order valence-electron chi connectivity index (χ0n) is 11.6. The third-order valence-electron chi connectivity index (χ3n) is 2.95. The van der Waals surface area contributed by atoms with Crippen molar-refractivity contribution in [2.75, 3.05) is 6.79 Å². The van der Waals surface area contributed by atoms with E-state index in [1.54, 1.807) is 30.6 Å². The molecule has 1 amide bonds. The highest BCUT2D eigenvalue weighted by Crippen LogP contribution is 2.32. The maximum atomic E-state index is 11.7. The van der Waals surface area contributed by atoms with Crippen molar-refractivity contribution >= 4 is 18.2 Å². The van der Waals surface area contributed by atoms with Crippen LogP contribution in [0.1, 0.15) is 15.9 Å². The normalized spacial score (nSPS) is 12.9. The lowest BCUT2D eigenvalue weighted by atomic mass is 10.2. The highest BCUT2D eigenvalue weighted by atomic mass is 16.7. The van der Waals surface area contributed by atoms with Crippen molar-refractivity contribution in [1.29, 1.82) is 0 Å². The van der Waals surface area contributed by atoms with E-state index in [-0.39, 0.29) is 12.7 Å². The summed E-state index contributed by atoms with van der Waals surface area (Å²) in [5.74, 6) is 1.19. The molecule has 22 heavy (non-hydrogen) atoms. The van der Waals surface area contributed by atoms with E-state index >= 15 is 0 Å². The number of amides is 1. The number of benzene rings is 1. The van der Waals surface area contributed by atoms with Gasteiger partial charge in [0.1, 0.15) is 0 Å². The Hall–Kier alpha value is -3.15. The highest BCUT2D eigenvalue weighted by molar-refractivity contribution is 5.94. The lowest BCUT2D eigenvalue weighted by molar-refractivity contribution is 0.0955. The number of pyridine rings is 1. The van der Waals surface area contributed by atoms with Crippen molar-refractivity contribution in [2.24, 2.45) is 5.10 Å². The number of hydrazone groups is 1. The van der Waals surface area contributed by atoms with Crippen LogP contribution in [0.3, 0.4) is 0 Å². The Labute approximate surface area is 127 Å². The number of hydrogen-bond donors (Lipinski definition) is 1. The molecule has 2 heterocycles.